The van der Waals surface area contributed by atoms with Crippen LogP contribution in [-0.2, 0) is 4.79 Å². The molecule has 2 aromatic rings. The number of carbonyl (C=O) groups is 2. The maximum absolute atomic E-state index is 12.7. The van der Waals surface area contributed by atoms with Crippen molar-refractivity contribution < 1.29 is 19.1 Å². The Kier molecular flexibility index (Phi) is 6.82. The van der Waals surface area contributed by atoms with E-state index in [4.69, 9.17) is 21.1 Å². The number of ether oxygens (including phenoxy) is 2. The van der Waals surface area contributed by atoms with E-state index in [1.807, 2.05) is 0 Å². The quantitative estimate of drug-likeness (QED) is 0.782. The third-order valence-corrected chi connectivity index (χ3v) is 5.06. The Hall–Kier alpha value is -2.93. The fraction of sp³-hybridized carbons (Fsp3) is 0.333. The van der Waals surface area contributed by atoms with Crippen molar-refractivity contribution in [2.24, 2.45) is 0 Å². The van der Waals surface area contributed by atoms with Crippen LogP contribution >= 0.6 is 11.6 Å². The van der Waals surface area contributed by atoms with Crippen molar-refractivity contribution in [2.75, 3.05) is 52.3 Å². The lowest BCUT2D eigenvalue weighted by atomic mass is 10.1. The lowest BCUT2D eigenvalue weighted by Crippen LogP contribution is -2.51. The molecule has 0 aromatic heterocycles. The Morgan fingerprint density at radius 1 is 1.00 bits per heavy atom. The van der Waals surface area contributed by atoms with Gasteiger partial charge < -0.3 is 24.6 Å². The second-order valence-corrected chi connectivity index (χ2v) is 7.04. The highest BCUT2D eigenvalue weighted by molar-refractivity contribution is 6.30. The number of benzene rings is 2. The summed E-state index contributed by atoms with van der Waals surface area (Å²) in [6, 6.07) is 12.3. The zero-order chi connectivity index (χ0) is 20.8. The minimum atomic E-state index is -0.0576. The van der Waals surface area contributed by atoms with E-state index in [2.05, 4.69) is 5.32 Å². The van der Waals surface area contributed by atoms with Gasteiger partial charge in [0.25, 0.3) is 5.91 Å². The van der Waals surface area contributed by atoms with Crippen LogP contribution in [0.2, 0.25) is 5.02 Å². The van der Waals surface area contributed by atoms with E-state index < -0.39 is 0 Å². The van der Waals surface area contributed by atoms with Crippen LogP contribution in [0.3, 0.4) is 0 Å². The van der Waals surface area contributed by atoms with Crippen molar-refractivity contribution in [1.82, 2.24) is 9.80 Å². The molecule has 2 aromatic carbocycles. The molecule has 154 valence electrons. The van der Waals surface area contributed by atoms with Crippen LogP contribution < -0.4 is 14.8 Å². The van der Waals surface area contributed by atoms with Crippen molar-refractivity contribution in [1.29, 1.82) is 0 Å². The molecule has 0 bridgehead atoms. The number of nitrogens with one attached hydrogen (secondary N) is 1. The molecule has 1 fully saturated rings. The normalized spacial score (nSPS) is 13.8. The first-order valence-corrected chi connectivity index (χ1v) is 9.68. The summed E-state index contributed by atoms with van der Waals surface area (Å²) < 4.78 is 10.5. The minimum absolute atomic E-state index is 0.0412. The maximum atomic E-state index is 12.7. The van der Waals surface area contributed by atoms with E-state index >= 15 is 0 Å². The molecule has 1 saturated heterocycles. The van der Waals surface area contributed by atoms with E-state index in [1.165, 1.54) is 0 Å². The number of amides is 2. The fourth-order valence-electron chi connectivity index (χ4n) is 3.20. The zero-order valence-corrected chi connectivity index (χ0v) is 17.2. The molecule has 0 atom stereocenters. The van der Waals surface area contributed by atoms with Gasteiger partial charge in [-0.15, -0.1) is 0 Å². The number of halogens is 1. The molecule has 2 amide bonds. The van der Waals surface area contributed by atoms with Crippen LogP contribution in [0, 0.1) is 0 Å². The molecule has 1 N–H and O–H groups in total. The Labute approximate surface area is 175 Å². The van der Waals surface area contributed by atoms with E-state index in [0.717, 1.165) is 0 Å². The number of nitrogens with zero attached hydrogens (tertiary/aromatic N) is 2. The third kappa shape index (κ3) is 5.12. The molecular formula is C21H24ClN3O4. The highest BCUT2D eigenvalue weighted by Crippen LogP contribution is 2.27. The predicted octanol–water partition coefficient (Wildman–Crippen LogP) is 2.75. The molecule has 0 radical (unpaired) electrons. The Balaban J connectivity index is 1.53. The van der Waals surface area contributed by atoms with Gasteiger partial charge >= 0.3 is 0 Å². The summed E-state index contributed by atoms with van der Waals surface area (Å²) in [4.78, 5) is 28.7. The van der Waals surface area contributed by atoms with Gasteiger partial charge in [0.05, 0.1) is 26.5 Å². The molecule has 0 spiro atoms. The molecule has 8 heteroatoms. The van der Waals surface area contributed by atoms with Crippen LogP contribution in [0.15, 0.2) is 42.5 Å². The highest BCUT2D eigenvalue weighted by atomic mass is 35.5. The van der Waals surface area contributed by atoms with Crippen LogP contribution in [0.4, 0.5) is 5.69 Å². The molecule has 1 aliphatic rings. The van der Waals surface area contributed by atoms with Crippen molar-refractivity contribution >= 4 is 29.1 Å². The van der Waals surface area contributed by atoms with Crippen molar-refractivity contribution in [3.8, 4) is 11.5 Å². The van der Waals surface area contributed by atoms with Crippen LogP contribution in [-0.4, -0.2) is 68.6 Å². The number of carbonyl (C=O) groups excluding carboxylic acids is 2. The first-order valence-electron chi connectivity index (χ1n) is 9.30. The molecule has 0 saturated carbocycles. The van der Waals surface area contributed by atoms with Gasteiger partial charge in [-0.1, -0.05) is 17.7 Å². The van der Waals surface area contributed by atoms with Gasteiger partial charge in [0.2, 0.25) is 5.91 Å². The fourth-order valence-corrected chi connectivity index (χ4v) is 3.37. The van der Waals surface area contributed by atoms with Gasteiger partial charge in [0, 0.05) is 36.8 Å². The number of piperazine rings is 1. The molecule has 0 unspecified atom stereocenters. The Morgan fingerprint density at radius 2 is 1.72 bits per heavy atom. The second kappa shape index (κ2) is 9.52. The van der Waals surface area contributed by atoms with E-state index in [-0.39, 0.29) is 18.4 Å². The SMILES string of the molecule is COc1cccc(C(=O)N2CCN(C(=O)CNc3cc(Cl)ccc3OC)CC2)c1. The average Bonchev–Trinajstić information content (AvgIpc) is 2.77. The first kappa shape index (κ1) is 20.8. The number of hydrogen-bond acceptors (Lipinski definition) is 5. The molecule has 1 heterocycles. The molecule has 3 rings (SSSR count). The van der Waals surface area contributed by atoms with Crippen molar-refractivity contribution in [2.45, 2.75) is 0 Å². The molecule has 1 aliphatic heterocycles. The Morgan fingerprint density at radius 3 is 2.41 bits per heavy atom. The van der Waals surface area contributed by atoms with Gasteiger partial charge in [0.1, 0.15) is 11.5 Å². The lowest BCUT2D eigenvalue weighted by Gasteiger charge is -2.35. The summed E-state index contributed by atoms with van der Waals surface area (Å²) in [5, 5.41) is 3.64. The Bertz CT molecular complexity index is 882. The molecule has 7 nitrogen and oxygen atoms in total. The summed E-state index contributed by atoms with van der Waals surface area (Å²) in [6.45, 7) is 2.08. The van der Waals surface area contributed by atoms with Gasteiger partial charge in [0.15, 0.2) is 0 Å². The van der Waals surface area contributed by atoms with Crippen LogP contribution in [0.25, 0.3) is 0 Å². The largest absolute Gasteiger partial charge is 0.497 e. The van der Waals surface area contributed by atoms with Crippen molar-refractivity contribution in [3.05, 3.63) is 53.1 Å². The summed E-state index contributed by atoms with van der Waals surface area (Å²) >= 11 is 6.02. The highest BCUT2D eigenvalue weighted by Gasteiger charge is 2.25. The third-order valence-electron chi connectivity index (χ3n) is 4.83. The number of methoxy groups -OCH3 is 2. The smallest absolute Gasteiger partial charge is 0.254 e. The zero-order valence-electron chi connectivity index (χ0n) is 16.5. The first-order chi connectivity index (χ1) is 14.0. The average molecular weight is 418 g/mol. The molecule has 0 aliphatic carbocycles. The maximum Gasteiger partial charge on any atom is 0.254 e. The van der Waals surface area contributed by atoms with E-state index in [0.29, 0.717) is 54.0 Å². The molecule has 29 heavy (non-hydrogen) atoms. The standard InChI is InChI=1S/C21H24ClN3O4/c1-28-17-5-3-4-15(12-17)21(27)25-10-8-24(9-11-25)20(26)14-23-18-13-16(22)6-7-19(18)29-2/h3-7,12-13,23H,8-11,14H2,1-2H3. The predicted molar refractivity (Wildman–Crippen MR) is 112 cm³/mol. The van der Waals surface area contributed by atoms with Crippen LogP contribution in [0.5, 0.6) is 11.5 Å². The summed E-state index contributed by atoms with van der Waals surface area (Å²) in [7, 11) is 3.13. The second-order valence-electron chi connectivity index (χ2n) is 6.60. The topological polar surface area (TPSA) is 71.1 Å². The van der Waals surface area contributed by atoms with E-state index in [9.17, 15) is 9.59 Å². The number of anilines is 1. The summed E-state index contributed by atoms with van der Waals surface area (Å²) in [5.74, 6) is 1.17. The van der Waals surface area contributed by atoms with Crippen LogP contribution in [0.1, 0.15) is 10.4 Å². The summed E-state index contributed by atoms with van der Waals surface area (Å²) in [5.41, 5.74) is 1.25. The minimum Gasteiger partial charge on any atom is -0.497 e. The number of rotatable bonds is 6. The summed E-state index contributed by atoms with van der Waals surface area (Å²) in [6.07, 6.45) is 0. The molecular weight excluding hydrogens is 394 g/mol. The monoisotopic (exact) mass is 417 g/mol. The van der Waals surface area contributed by atoms with Gasteiger partial charge in [-0.05, 0) is 36.4 Å². The van der Waals surface area contributed by atoms with Gasteiger partial charge in [-0.2, -0.15) is 0 Å². The van der Waals surface area contributed by atoms with Gasteiger partial charge in [-0.25, -0.2) is 0 Å². The lowest BCUT2D eigenvalue weighted by molar-refractivity contribution is -0.130. The van der Waals surface area contributed by atoms with Crippen molar-refractivity contribution in [3.63, 3.8) is 0 Å². The number of hydrogen-bond donors (Lipinski definition) is 1. The van der Waals surface area contributed by atoms with E-state index in [1.54, 1.807) is 66.5 Å². The van der Waals surface area contributed by atoms with Gasteiger partial charge in [-0.3, -0.25) is 9.59 Å².